The smallest absolute Gasteiger partial charge is 0.319 e. The van der Waals surface area contributed by atoms with Gasteiger partial charge in [0, 0.05) is 36.5 Å². The number of anilines is 2. The Morgan fingerprint density at radius 3 is 2.45 bits per heavy atom. The van der Waals surface area contributed by atoms with Crippen LogP contribution in [0.4, 0.5) is 16.2 Å². The molecule has 0 bridgehead atoms. The largest absolute Gasteiger partial charge is 0.371 e. The Morgan fingerprint density at radius 2 is 1.76 bits per heavy atom. The van der Waals surface area contributed by atoms with Gasteiger partial charge in [-0.2, -0.15) is 0 Å². The summed E-state index contributed by atoms with van der Waals surface area (Å²) in [4.78, 5) is 27.7. The molecule has 1 atom stereocenters. The molecule has 1 aromatic carbocycles. The topological polar surface area (TPSA) is 73.5 Å². The summed E-state index contributed by atoms with van der Waals surface area (Å²) >= 11 is 0. The van der Waals surface area contributed by atoms with Gasteiger partial charge >= 0.3 is 6.03 Å². The zero-order chi connectivity index (χ0) is 20.6. The summed E-state index contributed by atoms with van der Waals surface area (Å²) in [6.45, 7) is 6.01. The monoisotopic (exact) mass is 400 g/mol. The summed E-state index contributed by atoms with van der Waals surface area (Å²) < 4.78 is 0. The molecular weight excluding hydrogens is 364 g/mol. The zero-order valence-electron chi connectivity index (χ0n) is 17.9. The van der Waals surface area contributed by atoms with Crippen LogP contribution in [0.3, 0.4) is 0 Å². The molecule has 3 rings (SSSR count). The van der Waals surface area contributed by atoms with E-state index in [1.54, 1.807) is 0 Å². The van der Waals surface area contributed by atoms with Gasteiger partial charge in [-0.15, -0.1) is 0 Å². The van der Waals surface area contributed by atoms with E-state index in [-0.39, 0.29) is 24.0 Å². The van der Waals surface area contributed by atoms with Crippen molar-refractivity contribution in [1.82, 2.24) is 10.6 Å². The lowest BCUT2D eigenvalue weighted by molar-refractivity contribution is 0.0939. The molecule has 3 amide bonds. The van der Waals surface area contributed by atoms with Gasteiger partial charge in [0.25, 0.3) is 5.91 Å². The van der Waals surface area contributed by atoms with E-state index < -0.39 is 0 Å². The van der Waals surface area contributed by atoms with Gasteiger partial charge in [-0.05, 0) is 63.6 Å². The number of nitrogens with one attached hydrogen (secondary N) is 3. The van der Waals surface area contributed by atoms with Gasteiger partial charge in [0.05, 0.1) is 5.56 Å². The Bertz CT molecular complexity index is 694. The molecule has 29 heavy (non-hydrogen) atoms. The summed E-state index contributed by atoms with van der Waals surface area (Å²) in [6, 6.07) is 5.89. The van der Waals surface area contributed by atoms with Crippen molar-refractivity contribution in [2.24, 2.45) is 0 Å². The van der Waals surface area contributed by atoms with E-state index in [0.717, 1.165) is 50.9 Å². The second-order valence-corrected chi connectivity index (χ2v) is 8.50. The van der Waals surface area contributed by atoms with Crippen molar-refractivity contribution >= 4 is 23.3 Å². The van der Waals surface area contributed by atoms with E-state index in [1.165, 1.54) is 25.7 Å². The maximum absolute atomic E-state index is 13.0. The molecule has 6 heteroatoms. The van der Waals surface area contributed by atoms with Crippen molar-refractivity contribution in [2.75, 3.05) is 23.3 Å². The van der Waals surface area contributed by atoms with Crippen molar-refractivity contribution in [2.45, 2.75) is 83.7 Å². The van der Waals surface area contributed by atoms with Crippen molar-refractivity contribution < 1.29 is 9.59 Å². The number of hydrogen-bond acceptors (Lipinski definition) is 3. The first-order valence-electron chi connectivity index (χ1n) is 11.3. The van der Waals surface area contributed by atoms with Crippen LogP contribution in [0.1, 0.15) is 82.0 Å². The summed E-state index contributed by atoms with van der Waals surface area (Å²) in [7, 11) is 0. The van der Waals surface area contributed by atoms with Gasteiger partial charge in [0.2, 0.25) is 0 Å². The first-order chi connectivity index (χ1) is 14.1. The zero-order valence-corrected chi connectivity index (χ0v) is 17.9. The second-order valence-electron chi connectivity index (χ2n) is 8.50. The van der Waals surface area contributed by atoms with E-state index in [9.17, 15) is 9.59 Å². The molecule has 0 unspecified atom stereocenters. The Morgan fingerprint density at radius 1 is 1.07 bits per heavy atom. The highest BCUT2D eigenvalue weighted by Gasteiger charge is 2.21. The minimum absolute atomic E-state index is 0.0729. The quantitative estimate of drug-likeness (QED) is 0.650. The summed E-state index contributed by atoms with van der Waals surface area (Å²) in [5.74, 6) is -0.0729. The molecule has 1 aliphatic heterocycles. The number of carbonyl (C=O) groups is 2. The van der Waals surface area contributed by atoms with Crippen LogP contribution in [-0.4, -0.2) is 37.1 Å². The SMILES string of the molecule is CC[C@@H](C)NC(=O)c1cc(NC(=O)NC2CCCCC2)ccc1N1CCCCC1. The number of hydrogen-bond donors (Lipinski definition) is 3. The van der Waals surface area contributed by atoms with Gasteiger partial charge in [0.15, 0.2) is 0 Å². The number of benzene rings is 1. The van der Waals surface area contributed by atoms with E-state index >= 15 is 0 Å². The van der Waals surface area contributed by atoms with Crippen LogP contribution >= 0.6 is 0 Å². The van der Waals surface area contributed by atoms with Crippen molar-refractivity contribution in [3.8, 4) is 0 Å². The number of carbonyl (C=O) groups excluding carboxylic acids is 2. The third kappa shape index (κ3) is 6.12. The molecule has 1 aliphatic carbocycles. The van der Waals surface area contributed by atoms with E-state index in [4.69, 9.17) is 0 Å². The maximum Gasteiger partial charge on any atom is 0.319 e. The summed E-state index contributed by atoms with van der Waals surface area (Å²) in [6.07, 6.45) is 10.1. The predicted molar refractivity (Wildman–Crippen MR) is 119 cm³/mol. The molecule has 2 aliphatic rings. The molecule has 1 aromatic rings. The molecule has 6 nitrogen and oxygen atoms in total. The molecular formula is C23H36N4O2. The van der Waals surface area contributed by atoms with Crippen molar-refractivity contribution in [1.29, 1.82) is 0 Å². The Labute approximate surface area is 174 Å². The Kier molecular flexibility index (Phi) is 7.78. The minimum Gasteiger partial charge on any atom is -0.371 e. The number of nitrogens with zero attached hydrogens (tertiary/aromatic N) is 1. The van der Waals surface area contributed by atoms with Crippen molar-refractivity contribution in [3.05, 3.63) is 23.8 Å². The average Bonchev–Trinajstić information content (AvgIpc) is 2.74. The third-order valence-electron chi connectivity index (χ3n) is 6.13. The highest BCUT2D eigenvalue weighted by atomic mass is 16.2. The van der Waals surface area contributed by atoms with E-state index in [0.29, 0.717) is 11.3 Å². The fourth-order valence-corrected chi connectivity index (χ4v) is 4.21. The van der Waals surface area contributed by atoms with Crippen LogP contribution in [0, 0.1) is 0 Å². The first-order valence-corrected chi connectivity index (χ1v) is 11.3. The third-order valence-corrected chi connectivity index (χ3v) is 6.13. The normalized spacial score (nSPS) is 18.8. The molecule has 160 valence electrons. The van der Waals surface area contributed by atoms with Gasteiger partial charge in [0.1, 0.15) is 0 Å². The molecule has 3 N–H and O–H groups in total. The standard InChI is InChI=1S/C23H36N4O2/c1-3-17(2)24-22(28)20-16-19(12-13-21(20)27-14-8-5-9-15-27)26-23(29)25-18-10-6-4-7-11-18/h12-13,16-18H,3-11,14-15H2,1-2H3,(H,24,28)(H2,25,26,29)/t17-/m1/s1. The van der Waals surface area contributed by atoms with Crippen LogP contribution in [-0.2, 0) is 0 Å². The Hall–Kier alpha value is -2.24. The van der Waals surface area contributed by atoms with Crippen LogP contribution in [0.2, 0.25) is 0 Å². The molecule has 1 saturated heterocycles. The number of piperidine rings is 1. The highest BCUT2D eigenvalue weighted by Crippen LogP contribution is 2.27. The molecule has 0 aromatic heterocycles. The van der Waals surface area contributed by atoms with Crippen LogP contribution in [0.5, 0.6) is 0 Å². The van der Waals surface area contributed by atoms with Gasteiger partial charge < -0.3 is 20.9 Å². The van der Waals surface area contributed by atoms with Crippen LogP contribution < -0.4 is 20.9 Å². The maximum atomic E-state index is 13.0. The molecule has 0 spiro atoms. The van der Waals surface area contributed by atoms with Gasteiger partial charge in [-0.1, -0.05) is 26.2 Å². The van der Waals surface area contributed by atoms with E-state index in [2.05, 4.69) is 27.8 Å². The minimum atomic E-state index is -0.184. The predicted octanol–water partition coefficient (Wildman–Crippen LogP) is 4.66. The fraction of sp³-hybridized carbons (Fsp3) is 0.652. The van der Waals surface area contributed by atoms with Crippen molar-refractivity contribution in [3.63, 3.8) is 0 Å². The number of amides is 3. The first kappa shape index (κ1) is 21.5. The second kappa shape index (κ2) is 10.5. The van der Waals surface area contributed by atoms with Crippen LogP contribution in [0.15, 0.2) is 18.2 Å². The Balaban J connectivity index is 1.74. The highest BCUT2D eigenvalue weighted by molar-refractivity contribution is 6.02. The summed E-state index contributed by atoms with van der Waals surface area (Å²) in [5, 5.41) is 9.09. The van der Waals surface area contributed by atoms with Gasteiger partial charge in [-0.3, -0.25) is 4.79 Å². The van der Waals surface area contributed by atoms with Crippen LogP contribution in [0.25, 0.3) is 0 Å². The molecule has 2 fully saturated rings. The fourth-order valence-electron chi connectivity index (χ4n) is 4.21. The lowest BCUT2D eigenvalue weighted by atomic mass is 9.96. The lowest BCUT2D eigenvalue weighted by Gasteiger charge is -2.31. The molecule has 1 saturated carbocycles. The van der Waals surface area contributed by atoms with E-state index in [1.807, 2.05) is 25.1 Å². The molecule has 0 radical (unpaired) electrons. The number of rotatable bonds is 6. The number of urea groups is 1. The lowest BCUT2D eigenvalue weighted by Crippen LogP contribution is -2.39. The molecule has 1 heterocycles. The van der Waals surface area contributed by atoms with Gasteiger partial charge in [-0.25, -0.2) is 4.79 Å². The summed E-state index contributed by atoms with van der Waals surface area (Å²) in [5.41, 5.74) is 2.26. The average molecular weight is 401 g/mol.